The van der Waals surface area contributed by atoms with E-state index in [9.17, 15) is 9.59 Å². The summed E-state index contributed by atoms with van der Waals surface area (Å²) in [6.45, 7) is 4.84. The van der Waals surface area contributed by atoms with Crippen molar-refractivity contribution in [3.8, 4) is 0 Å². The van der Waals surface area contributed by atoms with Gasteiger partial charge in [0.05, 0.1) is 5.39 Å². The van der Waals surface area contributed by atoms with Crippen LogP contribution in [0.15, 0.2) is 15.8 Å². The normalized spacial score (nSPS) is 11.6. The second kappa shape index (κ2) is 4.54. The fourth-order valence-corrected chi connectivity index (χ4v) is 2.77. The first-order valence-electron chi connectivity index (χ1n) is 6.89. The maximum atomic E-state index is 12.5. The molecular weight excluding hydrogens is 270 g/mol. The molecule has 0 unspecified atom stereocenters. The Morgan fingerprint density at radius 1 is 1.05 bits per heavy atom. The molecule has 0 saturated heterocycles. The Morgan fingerprint density at radius 2 is 1.71 bits per heavy atom. The first-order valence-corrected chi connectivity index (χ1v) is 6.89. The van der Waals surface area contributed by atoms with E-state index < -0.39 is 5.69 Å². The minimum absolute atomic E-state index is 0.327. The van der Waals surface area contributed by atoms with Crippen LogP contribution in [-0.2, 0) is 20.6 Å². The highest BCUT2D eigenvalue weighted by Crippen LogP contribution is 2.23. The molecule has 3 aromatic heterocycles. The summed E-state index contributed by atoms with van der Waals surface area (Å²) in [5.41, 5.74) is 1.26. The third-order valence-electron chi connectivity index (χ3n) is 3.83. The SMILES string of the molecule is CCCn1cc(C)c2c3c(=O)n(C)c(=O)n(C)c3nnc21. The van der Waals surface area contributed by atoms with Gasteiger partial charge in [-0.25, -0.2) is 4.79 Å². The summed E-state index contributed by atoms with van der Waals surface area (Å²) in [6, 6.07) is 0. The maximum Gasteiger partial charge on any atom is 0.332 e. The van der Waals surface area contributed by atoms with Gasteiger partial charge in [0.15, 0.2) is 11.3 Å². The predicted molar refractivity (Wildman–Crippen MR) is 80.5 cm³/mol. The quantitative estimate of drug-likeness (QED) is 0.695. The van der Waals surface area contributed by atoms with Gasteiger partial charge in [0.1, 0.15) is 0 Å². The van der Waals surface area contributed by atoms with Gasteiger partial charge in [0.25, 0.3) is 5.56 Å². The molecule has 0 aliphatic rings. The lowest BCUT2D eigenvalue weighted by Crippen LogP contribution is -2.37. The largest absolute Gasteiger partial charge is 0.332 e. The molecule has 0 spiro atoms. The lowest BCUT2D eigenvalue weighted by molar-refractivity contribution is 0.687. The highest BCUT2D eigenvalue weighted by molar-refractivity contribution is 6.03. The summed E-state index contributed by atoms with van der Waals surface area (Å²) in [5, 5.41) is 9.57. The van der Waals surface area contributed by atoms with Crippen molar-refractivity contribution in [1.29, 1.82) is 0 Å². The molecule has 0 aromatic carbocycles. The summed E-state index contributed by atoms with van der Waals surface area (Å²) in [7, 11) is 3.08. The average molecular weight is 287 g/mol. The van der Waals surface area contributed by atoms with Gasteiger partial charge < -0.3 is 4.57 Å². The second-order valence-corrected chi connectivity index (χ2v) is 5.31. The van der Waals surface area contributed by atoms with Crippen LogP contribution in [0.2, 0.25) is 0 Å². The van der Waals surface area contributed by atoms with Gasteiger partial charge in [0.2, 0.25) is 0 Å². The van der Waals surface area contributed by atoms with Crippen molar-refractivity contribution in [2.75, 3.05) is 0 Å². The van der Waals surface area contributed by atoms with E-state index in [1.54, 1.807) is 7.05 Å². The molecule has 0 aliphatic heterocycles. The zero-order chi connectivity index (χ0) is 15.3. The summed E-state index contributed by atoms with van der Waals surface area (Å²) in [4.78, 5) is 24.5. The van der Waals surface area contributed by atoms with Crippen LogP contribution in [0, 0.1) is 6.92 Å². The van der Waals surface area contributed by atoms with Gasteiger partial charge in [-0.15, -0.1) is 10.2 Å². The fourth-order valence-electron chi connectivity index (χ4n) is 2.77. The van der Waals surface area contributed by atoms with Gasteiger partial charge >= 0.3 is 5.69 Å². The second-order valence-electron chi connectivity index (χ2n) is 5.31. The summed E-state index contributed by atoms with van der Waals surface area (Å²) >= 11 is 0. The smallest absolute Gasteiger partial charge is 0.331 e. The number of nitrogens with zero attached hydrogens (tertiary/aromatic N) is 5. The monoisotopic (exact) mass is 287 g/mol. The topological polar surface area (TPSA) is 74.7 Å². The minimum atomic E-state index is -0.396. The summed E-state index contributed by atoms with van der Waals surface area (Å²) in [6.07, 6.45) is 2.95. The standard InChI is InChI=1S/C14H17N5O2/c1-5-6-19-7-8(2)9-10-11(15-16-12(9)19)17(3)14(21)18(4)13(10)20/h7H,5-6H2,1-4H3. The van der Waals surface area contributed by atoms with Crippen molar-refractivity contribution in [3.05, 3.63) is 32.6 Å². The molecule has 3 rings (SSSR count). The maximum absolute atomic E-state index is 12.5. The Morgan fingerprint density at radius 3 is 2.38 bits per heavy atom. The molecule has 0 aliphatic carbocycles. The predicted octanol–water partition coefficient (Wildman–Crippen LogP) is 0.700. The molecule has 7 heteroatoms. The highest BCUT2D eigenvalue weighted by atomic mass is 16.2. The Kier molecular flexibility index (Phi) is 2.93. The van der Waals surface area contributed by atoms with Crippen LogP contribution in [-0.4, -0.2) is 23.9 Å². The number of aryl methyl sites for hydroxylation is 3. The minimum Gasteiger partial charge on any atom is -0.331 e. The molecule has 0 saturated carbocycles. The third kappa shape index (κ3) is 1.73. The number of aromatic nitrogens is 5. The molecule has 0 amide bonds. The van der Waals surface area contributed by atoms with Crippen LogP contribution < -0.4 is 11.2 Å². The molecule has 0 atom stereocenters. The van der Waals surface area contributed by atoms with E-state index in [-0.39, 0.29) is 5.56 Å². The van der Waals surface area contributed by atoms with E-state index >= 15 is 0 Å². The first-order chi connectivity index (χ1) is 9.97. The lowest BCUT2D eigenvalue weighted by Gasteiger charge is -2.07. The molecule has 0 N–H and O–H groups in total. The van der Waals surface area contributed by atoms with Crippen molar-refractivity contribution in [1.82, 2.24) is 23.9 Å². The lowest BCUT2D eigenvalue weighted by atomic mass is 10.2. The van der Waals surface area contributed by atoms with Crippen LogP contribution in [0.1, 0.15) is 18.9 Å². The summed E-state index contributed by atoms with van der Waals surface area (Å²) < 4.78 is 4.47. The van der Waals surface area contributed by atoms with Crippen molar-refractivity contribution in [2.24, 2.45) is 14.1 Å². The fraction of sp³-hybridized carbons (Fsp3) is 0.429. The number of hydrogen-bond donors (Lipinski definition) is 0. The van der Waals surface area contributed by atoms with E-state index in [0.717, 1.165) is 28.5 Å². The Bertz CT molecular complexity index is 977. The van der Waals surface area contributed by atoms with E-state index in [2.05, 4.69) is 17.1 Å². The zero-order valence-corrected chi connectivity index (χ0v) is 12.5. The molecule has 110 valence electrons. The molecule has 0 radical (unpaired) electrons. The van der Waals surface area contributed by atoms with Crippen molar-refractivity contribution in [2.45, 2.75) is 26.8 Å². The van der Waals surface area contributed by atoms with Crippen LogP contribution in [0.5, 0.6) is 0 Å². The van der Waals surface area contributed by atoms with E-state index in [4.69, 9.17) is 0 Å². The van der Waals surface area contributed by atoms with Gasteiger partial charge in [-0.3, -0.25) is 13.9 Å². The average Bonchev–Trinajstić information content (AvgIpc) is 2.79. The van der Waals surface area contributed by atoms with Gasteiger partial charge in [-0.05, 0) is 18.9 Å². The third-order valence-corrected chi connectivity index (χ3v) is 3.83. The van der Waals surface area contributed by atoms with E-state index in [1.807, 2.05) is 17.7 Å². The molecule has 3 heterocycles. The molecule has 7 nitrogen and oxygen atoms in total. The van der Waals surface area contributed by atoms with Crippen LogP contribution in [0.25, 0.3) is 22.1 Å². The van der Waals surface area contributed by atoms with Crippen molar-refractivity contribution in [3.63, 3.8) is 0 Å². The van der Waals surface area contributed by atoms with Gasteiger partial charge in [0, 0.05) is 32.2 Å². The Labute approximate surface area is 120 Å². The Hall–Kier alpha value is -2.44. The van der Waals surface area contributed by atoms with E-state index in [0.29, 0.717) is 16.7 Å². The molecule has 0 fully saturated rings. The van der Waals surface area contributed by atoms with Crippen LogP contribution in [0.4, 0.5) is 0 Å². The highest BCUT2D eigenvalue weighted by Gasteiger charge is 2.18. The number of hydrogen-bond acceptors (Lipinski definition) is 4. The number of rotatable bonds is 2. The van der Waals surface area contributed by atoms with Crippen molar-refractivity contribution < 1.29 is 0 Å². The molecule has 0 bridgehead atoms. The zero-order valence-electron chi connectivity index (χ0n) is 12.5. The van der Waals surface area contributed by atoms with Crippen LogP contribution in [0.3, 0.4) is 0 Å². The number of fused-ring (bicyclic) bond motifs is 3. The van der Waals surface area contributed by atoms with Crippen molar-refractivity contribution >= 4 is 22.1 Å². The van der Waals surface area contributed by atoms with Gasteiger partial charge in [-0.1, -0.05) is 6.92 Å². The first kappa shape index (κ1) is 13.5. The van der Waals surface area contributed by atoms with E-state index in [1.165, 1.54) is 11.6 Å². The van der Waals surface area contributed by atoms with Crippen LogP contribution >= 0.6 is 0 Å². The summed E-state index contributed by atoms with van der Waals surface area (Å²) in [5.74, 6) is 0. The Balaban J connectivity index is 2.61. The molecule has 3 aromatic rings. The molecular formula is C14H17N5O2. The van der Waals surface area contributed by atoms with Gasteiger partial charge in [-0.2, -0.15) is 0 Å². The molecule has 21 heavy (non-hydrogen) atoms.